The lowest BCUT2D eigenvalue weighted by Crippen LogP contribution is -2.06. The van der Waals surface area contributed by atoms with E-state index in [1.54, 1.807) is 6.08 Å². The second-order valence-corrected chi connectivity index (χ2v) is 5.12. The number of ether oxygens (including phenoxy) is 1. The molecule has 0 amide bonds. The molecule has 110 valence electrons. The summed E-state index contributed by atoms with van der Waals surface area (Å²) in [5.41, 5.74) is -0.564. The maximum absolute atomic E-state index is 12.6. The lowest BCUT2D eigenvalue weighted by atomic mass is 10.1. The zero-order valence-corrected chi connectivity index (χ0v) is 11.8. The molecular weight excluding hydrogens is 291 g/mol. The fraction of sp³-hybridized carbons (Fsp3) is 0.385. The lowest BCUT2D eigenvalue weighted by Gasteiger charge is -2.09. The number of nitrogens with zero attached hydrogens (tertiary/aromatic N) is 1. The molecule has 0 bridgehead atoms. The second-order valence-electron chi connectivity index (χ2n) is 3.85. The van der Waals surface area contributed by atoms with Crippen LogP contribution in [0.2, 0.25) is 0 Å². The molecule has 0 aromatic carbocycles. The largest absolute Gasteiger partial charge is 0.481 e. The summed E-state index contributed by atoms with van der Waals surface area (Å²) < 4.78 is 42.7. The molecule has 0 saturated carbocycles. The van der Waals surface area contributed by atoms with Gasteiger partial charge >= 0.3 is 6.18 Å². The van der Waals surface area contributed by atoms with Gasteiger partial charge in [-0.05, 0) is 12.5 Å². The van der Waals surface area contributed by atoms with E-state index in [1.165, 1.54) is 31.9 Å². The fourth-order valence-electron chi connectivity index (χ4n) is 1.40. The molecule has 1 rings (SSSR count). The van der Waals surface area contributed by atoms with Crippen molar-refractivity contribution in [1.29, 1.82) is 0 Å². The van der Waals surface area contributed by atoms with Gasteiger partial charge in [-0.3, -0.25) is 4.79 Å². The Hall–Kier alpha value is -1.50. The predicted molar refractivity (Wildman–Crippen MR) is 72.6 cm³/mol. The van der Waals surface area contributed by atoms with Crippen LogP contribution in [0.15, 0.2) is 18.3 Å². The Balaban J connectivity index is 2.81. The van der Waals surface area contributed by atoms with Gasteiger partial charge in [0.2, 0.25) is 5.88 Å². The Bertz CT molecular complexity index is 501. The van der Waals surface area contributed by atoms with Crippen LogP contribution in [0.3, 0.4) is 0 Å². The molecule has 0 radical (unpaired) electrons. The van der Waals surface area contributed by atoms with Crippen LogP contribution in [0.5, 0.6) is 5.88 Å². The van der Waals surface area contributed by atoms with E-state index in [2.05, 4.69) is 4.98 Å². The number of rotatable bonds is 5. The predicted octanol–water partition coefficient (Wildman–Crippen LogP) is 3.79. The van der Waals surface area contributed by atoms with Gasteiger partial charge in [-0.2, -0.15) is 13.2 Å². The van der Waals surface area contributed by atoms with Gasteiger partial charge in [-0.15, -0.1) is 0 Å². The molecule has 1 aromatic rings. The minimum absolute atomic E-state index is 0.0108. The van der Waals surface area contributed by atoms with Gasteiger partial charge in [0.1, 0.15) is 0 Å². The summed E-state index contributed by atoms with van der Waals surface area (Å²) in [6.07, 6.45) is 0.0785. The highest BCUT2D eigenvalue weighted by Crippen LogP contribution is 2.31. The van der Waals surface area contributed by atoms with Gasteiger partial charge in [-0.1, -0.05) is 23.9 Å². The van der Waals surface area contributed by atoms with E-state index in [0.29, 0.717) is 12.2 Å². The molecule has 0 unspecified atom stereocenters. The van der Waals surface area contributed by atoms with E-state index in [4.69, 9.17) is 4.74 Å². The molecule has 0 N–H and O–H groups in total. The van der Waals surface area contributed by atoms with Crippen LogP contribution in [0, 0.1) is 0 Å². The quantitative estimate of drug-likeness (QED) is 0.776. The van der Waals surface area contributed by atoms with Crippen molar-refractivity contribution in [3.8, 4) is 5.88 Å². The van der Waals surface area contributed by atoms with E-state index in [9.17, 15) is 18.0 Å². The summed E-state index contributed by atoms with van der Waals surface area (Å²) >= 11 is 1.17. The lowest BCUT2D eigenvalue weighted by molar-refractivity contribution is -0.137. The van der Waals surface area contributed by atoms with Crippen LogP contribution in [0.1, 0.15) is 24.5 Å². The number of carbonyl (C=O) groups is 1. The number of methoxy groups -OCH3 is 1. The molecule has 20 heavy (non-hydrogen) atoms. The Morgan fingerprint density at radius 2 is 2.20 bits per heavy atom. The molecule has 0 fully saturated rings. The van der Waals surface area contributed by atoms with Crippen molar-refractivity contribution in [2.24, 2.45) is 0 Å². The van der Waals surface area contributed by atoms with Gasteiger partial charge in [0.15, 0.2) is 5.12 Å². The smallest absolute Gasteiger partial charge is 0.417 e. The Morgan fingerprint density at radius 1 is 1.50 bits per heavy atom. The summed E-state index contributed by atoms with van der Waals surface area (Å²) in [4.78, 5) is 14.4. The topological polar surface area (TPSA) is 39.2 Å². The van der Waals surface area contributed by atoms with Crippen LogP contribution in [-0.4, -0.2) is 23.0 Å². The molecule has 1 aromatic heterocycles. The average molecular weight is 305 g/mol. The third kappa shape index (κ3) is 5.24. The molecule has 0 aliphatic rings. The molecule has 0 atom stereocenters. The van der Waals surface area contributed by atoms with Crippen LogP contribution >= 0.6 is 11.8 Å². The third-order valence-corrected chi connectivity index (χ3v) is 3.13. The highest BCUT2D eigenvalue weighted by molar-refractivity contribution is 8.13. The third-order valence-electron chi connectivity index (χ3n) is 2.29. The number of allylic oxidation sites excluding steroid dienone is 1. The minimum atomic E-state index is -4.44. The van der Waals surface area contributed by atoms with E-state index < -0.39 is 11.7 Å². The van der Waals surface area contributed by atoms with Crippen LogP contribution in [0.25, 0.3) is 6.08 Å². The first-order valence-corrected chi connectivity index (χ1v) is 6.74. The number of hydrogen-bond donors (Lipinski definition) is 0. The monoisotopic (exact) mass is 305 g/mol. The Kier molecular flexibility index (Phi) is 6.06. The number of aromatic nitrogens is 1. The van der Waals surface area contributed by atoms with Crippen molar-refractivity contribution in [2.45, 2.75) is 19.5 Å². The fourth-order valence-corrected chi connectivity index (χ4v) is 1.94. The summed E-state index contributed by atoms with van der Waals surface area (Å²) in [5, 5.41) is 0.0108. The van der Waals surface area contributed by atoms with Crippen LogP contribution in [-0.2, 0) is 11.0 Å². The summed E-state index contributed by atoms with van der Waals surface area (Å²) in [6, 6.07) is 0.987. The molecule has 0 aliphatic heterocycles. The highest BCUT2D eigenvalue weighted by Gasteiger charge is 2.31. The van der Waals surface area contributed by atoms with Gasteiger partial charge < -0.3 is 4.74 Å². The Labute approximate surface area is 119 Å². The van der Waals surface area contributed by atoms with Crippen molar-refractivity contribution in [3.05, 3.63) is 29.5 Å². The number of thioether (sulfide) groups is 1. The maximum atomic E-state index is 12.6. The Morgan fingerprint density at radius 3 is 2.75 bits per heavy atom. The molecule has 0 saturated heterocycles. The molecule has 3 nitrogen and oxygen atoms in total. The molecule has 0 spiro atoms. The SMILES string of the molecule is COc1ncc(C(F)(F)F)cc1C=CCCSC(C)=O. The standard InChI is InChI=1S/C13H14F3NO2S/c1-9(18)20-6-4-3-5-10-7-11(13(14,15)16)8-17-12(10)19-2/h3,5,7-8H,4,6H2,1-2H3. The normalized spacial score (nSPS) is 11.8. The summed E-state index contributed by atoms with van der Waals surface area (Å²) in [5.74, 6) is 0.717. The first-order valence-electron chi connectivity index (χ1n) is 5.75. The first-order chi connectivity index (χ1) is 9.34. The van der Waals surface area contributed by atoms with Gasteiger partial charge in [0.05, 0.1) is 12.7 Å². The van der Waals surface area contributed by atoms with Crippen molar-refractivity contribution >= 4 is 23.0 Å². The summed E-state index contributed by atoms with van der Waals surface area (Å²) in [6.45, 7) is 1.47. The number of halogens is 3. The number of hydrogen-bond acceptors (Lipinski definition) is 4. The van der Waals surface area contributed by atoms with E-state index in [0.717, 1.165) is 12.3 Å². The van der Waals surface area contributed by atoms with Gasteiger partial charge in [-0.25, -0.2) is 4.98 Å². The van der Waals surface area contributed by atoms with Crippen molar-refractivity contribution < 1.29 is 22.7 Å². The molecular formula is C13H14F3NO2S. The van der Waals surface area contributed by atoms with Crippen molar-refractivity contribution in [2.75, 3.05) is 12.9 Å². The van der Waals surface area contributed by atoms with Gasteiger partial charge in [0.25, 0.3) is 0 Å². The minimum Gasteiger partial charge on any atom is -0.481 e. The first kappa shape index (κ1) is 16.6. The van der Waals surface area contributed by atoms with Crippen molar-refractivity contribution in [1.82, 2.24) is 4.98 Å². The molecule has 1 heterocycles. The van der Waals surface area contributed by atoms with Crippen LogP contribution in [0.4, 0.5) is 13.2 Å². The van der Waals surface area contributed by atoms with E-state index in [-0.39, 0.29) is 16.6 Å². The zero-order valence-electron chi connectivity index (χ0n) is 11.0. The van der Waals surface area contributed by atoms with E-state index >= 15 is 0 Å². The van der Waals surface area contributed by atoms with Crippen LogP contribution < -0.4 is 4.74 Å². The molecule has 7 heteroatoms. The zero-order chi connectivity index (χ0) is 15.2. The number of carbonyl (C=O) groups excluding carboxylic acids is 1. The number of pyridine rings is 1. The summed E-state index contributed by atoms with van der Waals surface area (Å²) in [7, 11) is 1.35. The number of alkyl halides is 3. The average Bonchev–Trinajstić information content (AvgIpc) is 2.36. The highest BCUT2D eigenvalue weighted by atomic mass is 32.2. The second kappa shape index (κ2) is 7.33. The molecule has 0 aliphatic carbocycles. The van der Waals surface area contributed by atoms with Gasteiger partial charge in [0, 0.05) is 24.4 Å². The van der Waals surface area contributed by atoms with Crippen molar-refractivity contribution in [3.63, 3.8) is 0 Å². The van der Waals surface area contributed by atoms with E-state index in [1.807, 2.05) is 0 Å². The maximum Gasteiger partial charge on any atom is 0.417 e.